The Bertz CT molecular complexity index is 835. The summed E-state index contributed by atoms with van der Waals surface area (Å²) in [4.78, 5) is 3.98. The van der Waals surface area contributed by atoms with E-state index in [0.717, 1.165) is 49.3 Å². The van der Waals surface area contributed by atoms with Crippen LogP contribution in [-0.4, -0.2) is 49.5 Å². The Morgan fingerprint density at radius 2 is 2.07 bits per heavy atom. The van der Waals surface area contributed by atoms with Crippen LogP contribution in [0.4, 0.5) is 8.78 Å². The molecule has 7 heteroatoms. The number of hydrogen-bond acceptors (Lipinski definition) is 3. The zero-order valence-corrected chi connectivity index (χ0v) is 17.3. The van der Waals surface area contributed by atoms with Crippen molar-refractivity contribution < 1.29 is 18.4 Å². The number of piperidine rings is 1. The highest BCUT2D eigenvalue weighted by Crippen LogP contribution is 2.50. The quantitative estimate of drug-likeness (QED) is 0.683. The maximum Gasteiger partial charge on any atom is 0.163 e. The minimum atomic E-state index is -1.52. The third-order valence-corrected chi connectivity index (χ3v) is 7.62. The Kier molecular flexibility index (Phi) is 5.46. The van der Waals surface area contributed by atoms with Crippen molar-refractivity contribution in [3.05, 3.63) is 48.1 Å². The van der Waals surface area contributed by atoms with Gasteiger partial charge in [-0.15, -0.1) is 0 Å². The van der Waals surface area contributed by atoms with Gasteiger partial charge in [0.1, 0.15) is 30.3 Å². The van der Waals surface area contributed by atoms with E-state index in [4.69, 9.17) is 0 Å². The first kappa shape index (κ1) is 20.4. The molecule has 2 aliphatic rings. The Balaban J connectivity index is 1.76. The highest BCUT2D eigenvalue weighted by Gasteiger charge is 2.61. The van der Waals surface area contributed by atoms with Crippen LogP contribution >= 0.6 is 0 Å². The van der Waals surface area contributed by atoms with E-state index >= 15 is 0 Å². The number of unbranched alkanes of at least 4 members (excludes halogenated alkanes) is 1. The van der Waals surface area contributed by atoms with Crippen LogP contribution in [-0.2, 0) is 12.1 Å². The van der Waals surface area contributed by atoms with E-state index in [1.165, 1.54) is 31.2 Å². The number of rotatable bonds is 8. The minimum absolute atomic E-state index is 0.0852. The predicted molar refractivity (Wildman–Crippen MR) is 106 cm³/mol. The number of nitrogens with zero attached hydrogens (tertiary/aromatic N) is 4. The van der Waals surface area contributed by atoms with Crippen molar-refractivity contribution in [2.75, 3.05) is 13.1 Å². The van der Waals surface area contributed by atoms with Crippen molar-refractivity contribution in [3.8, 4) is 0 Å². The van der Waals surface area contributed by atoms with Crippen molar-refractivity contribution in [2.24, 2.45) is 5.92 Å². The van der Waals surface area contributed by atoms with Gasteiger partial charge in [-0.25, -0.2) is 18.4 Å². The average Bonchev–Trinajstić information content (AvgIpc) is 3.41. The predicted octanol–water partition coefficient (Wildman–Crippen LogP) is 3.63. The molecule has 29 heavy (non-hydrogen) atoms. The van der Waals surface area contributed by atoms with Gasteiger partial charge < -0.3 is 9.59 Å². The normalized spacial score (nSPS) is 29.1. The summed E-state index contributed by atoms with van der Waals surface area (Å²) in [5.41, 5.74) is -1.38. The van der Waals surface area contributed by atoms with Crippen LogP contribution in [0.3, 0.4) is 0 Å². The number of benzene rings is 1. The van der Waals surface area contributed by atoms with Gasteiger partial charge in [-0.2, -0.15) is 5.10 Å². The third-order valence-electron chi connectivity index (χ3n) is 7.62. The summed E-state index contributed by atoms with van der Waals surface area (Å²) in [6.07, 6.45) is 8.70. The molecule has 0 radical (unpaired) electrons. The first-order chi connectivity index (χ1) is 13.9. The molecular weight excluding hydrogens is 374 g/mol. The molecule has 158 valence electrons. The molecule has 0 aliphatic carbocycles. The molecule has 3 heterocycles. The van der Waals surface area contributed by atoms with Gasteiger partial charge in [-0.05, 0) is 31.9 Å². The summed E-state index contributed by atoms with van der Waals surface area (Å²) in [5, 5.41) is 16.2. The Morgan fingerprint density at radius 3 is 2.69 bits per heavy atom. The van der Waals surface area contributed by atoms with Gasteiger partial charge in [0.2, 0.25) is 0 Å². The fourth-order valence-corrected chi connectivity index (χ4v) is 6.05. The van der Waals surface area contributed by atoms with Crippen LogP contribution in [0.1, 0.15) is 51.5 Å². The summed E-state index contributed by atoms with van der Waals surface area (Å²) in [5.74, 6) is -0.673. The van der Waals surface area contributed by atoms with E-state index in [1.54, 1.807) is 4.68 Å². The highest BCUT2D eigenvalue weighted by molar-refractivity contribution is 5.26. The maximum atomic E-state index is 14.9. The smallest absolute Gasteiger partial charge is 0.163 e. The second kappa shape index (κ2) is 7.76. The molecule has 2 saturated heterocycles. The lowest BCUT2D eigenvalue weighted by Crippen LogP contribution is -2.64. The van der Waals surface area contributed by atoms with E-state index in [0.29, 0.717) is 12.0 Å². The summed E-state index contributed by atoms with van der Waals surface area (Å²) >= 11 is 0. The summed E-state index contributed by atoms with van der Waals surface area (Å²) in [7, 11) is 0. The number of aromatic nitrogens is 3. The van der Waals surface area contributed by atoms with Gasteiger partial charge >= 0.3 is 0 Å². The van der Waals surface area contributed by atoms with Crippen molar-refractivity contribution in [2.45, 2.75) is 70.2 Å². The molecule has 2 fully saturated rings. The van der Waals surface area contributed by atoms with Crippen LogP contribution in [0, 0.1) is 17.6 Å². The molecule has 1 N–H and O–H groups in total. The van der Waals surface area contributed by atoms with Crippen molar-refractivity contribution in [1.29, 1.82) is 0 Å². The molecule has 1 aromatic carbocycles. The summed E-state index contributed by atoms with van der Waals surface area (Å²) < 4.78 is 30.9. The Hall–Kier alpha value is -1.86. The molecule has 0 spiro atoms. The van der Waals surface area contributed by atoms with Crippen LogP contribution in [0.5, 0.6) is 0 Å². The fourth-order valence-electron chi connectivity index (χ4n) is 6.05. The SMILES string of the molecule is CCCCC1C2CC[N+]1(C(C)C(O)(Cn1cncn1)c1ccc(F)cc1F)CC2. The molecule has 4 rings (SSSR count). The van der Waals surface area contributed by atoms with Gasteiger partial charge in [0.25, 0.3) is 0 Å². The number of hydrogen-bond donors (Lipinski definition) is 1. The van der Waals surface area contributed by atoms with Crippen molar-refractivity contribution >= 4 is 0 Å². The minimum Gasteiger partial charge on any atom is -0.377 e. The van der Waals surface area contributed by atoms with Crippen molar-refractivity contribution in [3.63, 3.8) is 0 Å². The standard InChI is InChI=1S/C22H31F2N4O/c1-3-4-5-21-17-8-10-28(21,11-9-17)16(2)22(29,13-27-15-25-14-26-27)19-7-6-18(23)12-20(19)24/h6-7,12,14-17,21,29H,3-5,8-11,13H2,1-2H3/q+1. The molecule has 0 saturated carbocycles. The first-order valence-electron chi connectivity index (χ1n) is 10.8. The van der Waals surface area contributed by atoms with E-state index in [9.17, 15) is 13.9 Å². The molecule has 5 nitrogen and oxygen atoms in total. The summed E-state index contributed by atoms with van der Waals surface area (Å²) in [6, 6.07) is 3.72. The number of halogens is 2. The van der Waals surface area contributed by atoms with Crippen LogP contribution in [0.15, 0.2) is 30.9 Å². The van der Waals surface area contributed by atoms with E-state index in [2.05, 4.69) is 17.0 Å². The second-order valence-corrected chi connectivity index (χ2v) is 8.91. The molecule has 2 aliphatic heterocycles. The van der Waals surface area contributed by atoms with Crippen LogP contribution in [0.2, 0.25) is 0 Å². The fraction of sp³-hybridized carbons (Fsp3) is 0.636. The molecule has 2 bridgehead atoms. The van der Waals surface area contributed by atoms with E-state index < -0.39 is 17.2 Å². The van der Waals surface area contributed by atoms with E-state index in [1.807, 2.05) is 6.92 Å². The average molecular weight is 406 g/mol. The lowest BCUT2D eigenvalue weighted by atomic mass is 9.83. The Morgan fingerprint density at radius 1 is 1.31 bits per heavy atom. The van der Waals surface area contributed by atoms with E-state index in [-0.39, 0.29) is 18.2 Å². The highest BCUT2D eigenvalue weighted by atomic mass is 19.1. The van der Waals surface area contributed by atoms with Gasteiger partial charge in [0.05, 0.1) is 25.7 Å². The lowest BCUT2D eigenvalue weighted by molar-refractivity contribution is -0.960. The number of quaternary nitrogens is 1. The second-order valence-electron chi connectivity index (χ2n) is 8.91. The zero-order valence-electron chi connectivity index (χ0n) is 17.3. The van der Waals surface area contributed by atoms with Crippen LogP contribution in [0.25, 0.3) is 0 Å². The molecule has 2 aromatic rings. The monoisotopic (exact) mass is 405 g/mol. The van der Waals surface area contributed by atoms with Gasteiger partial charge in [0.15, 0.2) is 5.60 Å². The topological polar surface area (TPSA) is 50.9 Å². The number of aliphatic hydroxyl groups is 1. The molecule has 1 aromatic heterocycles. The largest absolute Gasteiger partial charge is 0.377 e. The molecule has 3 atom stereocenters. The number of fused-ring (bicyclic) bond motifs is 2. The van der Waals surface area contributed by atoms with Gasteiger partial charge in [-0.1, -0.05) is 13.3 Å². The maximum absolute atomic E-state index is 14.9. The zero-order chi connectivity index (χ0) is 20.6. The first-order valence-corrected chi connectivity index (χ1v) is 10.8. The van der Waals surface area contributed by atoms with Crippen LogP contribution < -0.4 is 0 Å². The van der Waals surface area contributed by atoms with Gasteiger partial charge in [0, 0.05) is 30.4 Å². The third kappa shape index (κ3) is 3.38. The van der Waals surface area contributed by atoms with Gasteiger partial charge in [-0.3, -0.25) is 0 Å². The molecule has 0 amide bonds. The Labute approximate surface area is 171 Å². The molecule has 3 unspecified atom stereocenters. The molecular formula is C22H31F2N4O+. The summed E-state index contributed by atoms with van der Waals surface area (Å²) in [6.45, 7) is 6.33. The van der Waals surface area contributed by atoms with Crippen molar-refractivity contribution in [1.82, 2.24) is 14.8 Å². The lowest BCUT2D eigenvalue weighted by Gasteiger charge is -2.49.